The van der Waals surface area contributed by atoms with Gasteiger partial charge in [0.2, 0.25) is 0 Å². The molecule has 0 saturated carbocycles. The van der Waals surface area contributed by atoms with E-state index in [0.717, 1.165) is 24.9 Å². The number of carbonyl (C=O) groups excluding carboxylic acids is 1. The third-order valence-electron chi connectivity index (χ3n) is 4.57. The first-order valence-corrected chi connectivity index (χ1v) is 7.65. The molecule has 1 aromatic rings. The summed E-state index contributed by atoms with van der Waals surface area (Å²) in [4.78, 5) is 15.1. The number of hydrogen-bond acceptors (Lipinski definition) is 2. The number of rotatable bonds is 2. The molecule has 2 aliphatic heterocycles. The first kappa shape index (κ1) is 13.1. The summed E-state index contributed by atoms with van der Waals surface area (Å²) >= 11 is 5.88. The Morgan fingerprint density at radius 1 is 1.11 bits per heavy atom. The highest BCUT2D eigenvalue weighted by Gasteiger charge is 2.33. The number of hydrogen-bond donors (Lipinski definition) is 0. The second kappa shape index (κ2) is 5.64. The van der Waals surface area contributed by atoms with Crippen LogP contribution in [0.1, 0.15) is 42.5 Å². The standard InChI is InChI=1S/C16H20ClNO/c17-14-6-4-12(5-7-14)16(19)13-8-10-18-9-2-1-3-15(18)11-13/h4-7,13,15H,1-3,8-11H2/t13-,15+/m1/s1. The van der Waals surface area contributed by atoms with Gasteiger partial charge in [-0.2, -0.15) is 0 Å². The van der Waals surface area contributed by atoms with Crippen molar-refractivity contribution in [3.05, 3.63) is 34.9 Å². The molecule has 0 bridgehead atoms. The molecule has 1 aromatic carbocycles. The molecule has 2 heterocycles. The maximum atomic E-state index is 12.5. The van der Waals surface area contributed by atoms with E-state index in [1.165, 1.54) is 25.8 Å². The normalized spacial score (nSPS) is 27.8. The van der Waals surface area contributed by atoms with Gasteiger partial charge in [0.25, 0.3) is 0 Å². The van der Waals surface area contributed by atoms with Crippen LogP contribution in [-0.4, -0.2) is 29.8 Å². The van der Waals surface area contributed by atoms with Gasteiger partial charge in [0.1, 0.15) is 0 Å². The fourth-order valence-electron chi connectivity index (χ4n) is 3.48. The molecule has 3 heteroatoms. The van der Waals surface area contributed by atoms with Gasteiger partial charge in [0.05, 0.1) is 0 Å². The van der Waals surface area contributed by atoms with Gasteiger partial charge in [-0.3, -0.25) is 4.79 Å². The number of carbonyl (C=O) groups is 1. The number of nitrogens with zero attached hydrogens (tertiary/aromatic N) is 1. The van der Waals surface area contributed by atoms with E-state index in [1.807, 2.05) is 24.3 Å². The van der Waals surface area contributed by atoms with E-state index in [-0.39, 0.29) is 5.92 Å². The van der Waals surface area contributed by atoms with E-state index >= 15 is 0 Å². The molecule has 2 fully saturated rings. The van der Waals surface area contributed by atoms with Crippen LogP contribution >= 0.6 is 11.6 Å². The molecule has 3 rings (SSSR count). The molecule has 0 unspecified atom stereocenters. The van der Waals surface area contributed by atoms with Crippen molar-refractivity contribution in [3.8, 4) is 0 Å². The summed E-state index contributed by atoms with van der Waals surface area (Å²) in [6.07, 6.45) is 5.97. The second-order valence-corrected chi connectivity index (χ2v) is 6.21. The molecule has 0 aromatic heterocycles. The maximum absolute atomic E-state index is 12.5. The average Bonchev–Trinajstić information content (AvgIpc) is 2.47. The van der Waals surface area contributed by atoms with Crippen LogP contribution < -0.4 is 0 Å². The molecule has 2 saturated heterocycles. The lowest BCUT2D eigenvalue weighted by atomic mass is 9.82. The summed E-state index contributed by atoms with van der Waals surface area (Å²) in [7, 11) is 0. The fourth-order valence-corrected chi connectivity index (χ4v) is 3.60. The van der Waals surface area contributed by atoms with Crippen LogP contribution in [0, 0.1) is 5.92 Å². The Bertz CT molecular complexity index is 456. The molecule has 19 heavy (non-hydrogen) atoms. The maximum Gasteiger partial charge on any atom is 0.166 e. The van der Waals surface area contributed by atoms with Gasteiger partial charge < -0.3 is 4.90 Å². The molecule has 0 N–H and O–H groups in total. The van der Waals surface area contributed by atoms with Crippen LogP contribution in [0.2, 0.25) is 5.02 Å². The van der Waals surface area contributed by atoms with E-state index in [2.05, 4.69) is 4.90 Å². The van der Waals surface area contributed by atoms with Crippen LogP contribution in [-0.2, 0) is 0 Å². The van der Waals surface area contributed by atoms with Crippen LogP contribution in [0.4, 0.5) is 0 Å². The molecule has 2 nitrogen and oxygen atoms in total. The van der Waals surface area contributed by atoms with Gasteiger partial charge in [-0.1, -0.05) is 18.0 Å². The van der Waals surface area contributed by atoms with Gasteiger partial charge in [-0.05, 0) is 63.0 Å². The van der Waals surface area contributed by atoms with E-state index in [9.17, 15) is 4.79 Å². The Kier molecular flexibility index (Phi) is 3.90. The van der Waals surface area contributed by atoms with Crippen LogP contribution in [0.15, 0.2) is 24.3 Å². The summed E-state index contributed by atoms with van der Waals surface area (Å²) in [6.45, 7) is 2.32. The number of piperidine rings is 2. The number of halogens is 1. The number of Topliss-reactive ketones (excluding diaryl/α,β-unsaturated/α-hetero) is 1. The minimum Gasteiger partial charge on any atom is -0.300 e. The first-order chi connectivity index (χ1) is 9.24. The Morgan fingerprint density at radius 3 is 2.68 bits per heavy atom. The largest absolute Gasteiger partial charge is 0.300 e. The predicted octanol–water partition coefficient (Wildman–Crippen LogP) is 3.79. The molecule has 2 atom stereocenters. The van der Waals surface area contributed by atoms with Crippen molar-refractivity contribution in [2.45, 2.75) is 38.1 Å². The van der Waals surface area contributed by atoms with Gasteiger partial charge in [-0.15, -0.1) is 0 Å². The topological polar surface area (TPSA) is 20.3 Å². The highest BCUT2D eigenvalue weighted by Crippen LogP contribution is 2.31. The van der Waals surface area contributed by atoms with Crippen LogP contribution in [0.25, 0.3) is 0 Å². The van der Waals surface area contributed by atoms with Crippen molar-refractivity contribution < 1.29 is 4.79 Å². The number of benzene rings is 1. The van der Waals surface area contributed by atoms with Crippen molar-refractivity contribution in [3.63, 3.8) is 0 Å². The Morgan fingerprint density at radius 2 is 1.89 bits per heavy atom. The minimum atomic E-state index is 0.209. The number of ketones is 1. The second-order valence-electron chi connectivity index (χ2n) is 5.78. The first-order valence-electron chi connectivity index (χ1n) is 7.28. The van der Waals surface area contributed by atoms with Gasteiger partial charge >= 0.3 is 0 Å². The molecule has 0 aliphatic carbocycles. The molecule has 0 spiro atoms. The van der Waals surface area contributed by atoms with E-state index in [0.29, 0.717) is 16.8 Å². The predicted molar refractivity (Wildman–Crippen MR) is 77.7 cm³/mol. The SMILES string of the molecule is O=C(c1ccc(Cl)cc1)[C@@H]1CCN2CCCC[C@H]2C1. The van der Waals surface area contributed by atoms with E-state index in [1.54, 1.807) is 0 Å². The molecular formula is C16H20ClNO. The average molecular weight is 278 g/mol. The van der Waals surface area contributed by atoms with Crippen molar-refractivity contribution in [2.24, 2.45) is 5.92 Å². The van der Waals surface area contributed by atoms with Gasteiger partial charge in [-0.25, -0.2) is 0 Å². The summed E-state index contributed by atoms with van der Waals surface area (Å²) in [5, 5.41) is 0.693. The monoisotopic (exact) mass is 277 g/mol. The summed E-state index contributed by atoms with van der Waals surface area (Å²) < 4.78 is 0. The summed E-state index contributed by atoms with van der Waals surface area (Å²) in [6, 6.07) is 7.98. The zero-order valence-corrected chi connectivity index (χ0v) is 11.9. The quantitative estimate of drug-likeness (QED) is 0.767. The zero-order valence-electron chi connectivity index (χ0n) is 11.1. The zero-order chi connectivity index (χ0) is 13.2. The third-order valence-corrected chi connectivity index (χ3v) is 4.82. The Hall–Kier alpha value is -0.860. The molecule has 102 valence electrons. The smallest absolute Gasteiger partial charge is 0.166 e. The highest BCUT2D eigenvalue weighted by molar-refractivity contribution is 6.30. The lowest BCUT2D eigenvalue weighted by Crippen LogP contribution is -2.46. The minimum absolute atomic E-state index is 0.209. The summed E-state index contributed by atoms with van der Waals surface area (Å²) in [5.74, 6) is 0.516. The van der Waals surface area contributed by atoms with Crippen LogP contribution in [0.5, 0.6) is 0 Å². The lowest BCUT2D eigenvalue weighted by Gasteiger charge is -2.42. The van der Waals surface area contributed by atoms with Crippen molar-refractivity contribution in [1.29, 1.82) is 0 Å². The van der Waals surface area contributed by atoms with E-state index in [4.69, 9.17) is 11.6 Å². The third kappa shape index (κ3) is 2.85. The lowest BCUT2D eigenvalue weighted by molar-refractivity contribution is 0.0615. The van der Waals surface area contributed by atoms with Crippen molar-refractivity contribution in [1.82, 2.24) is 4.90 Å². The number of fused-ring (bicyclic) bond motifs is 1. The molecule has 0 radical (unpaired) electrons. The summed E-state index contributed by atoms with van der Waals surface area (Å²) in [5.41, 5.74) is 0.818. The van der Waals surface area contributed by atoms with E-state index < -0.39 is 0 Å². The van der Waals surface area contributed by atoms with Crippen molar-refractivity contribution in [2.75, 3.05) is 13.1 Å². The Balaban J connectivity index is 1.69. The van der Waals surface area contributed by atoms with Gasteiger partial charge in [0.15, 0.2) is 5.78 Å². The van der Waals surface area contributed by atoms with Crippen LogP contribution in [0.3, 0.4) is 0 Å². The molecular weight excluding hydrogens is 258 g/mol. The highest BCUT2D eigenvalue weighted by atomic mass is 35.5. The van der Waals surface area contributed by atoms with Gasteiger partial charge in [0, 0.05) is 22.5 Å². The van der Waals surface area contributed by atoms with Crippen molar-refractivity contribution >= 4 is 17.4 Å². The fraction of sp³-hybridized carbons (Fsp3) is 0.562. The molecule has 0 amide bonds. The molecule has 2 aliphatic rings. The Labute approximate surface area is 119 Å².